The van der Waals surface area contributed by atoms with Crippen molar-refractivity contribution in [1.82, 2.24) is 9.80 Å². The van der Waals surface area contributed by atoms with Gasteiger partial charge < -0.3 is 10.0 Å². The topological polar surface area (TPSA) is 77.9 Å². The van der Waals surface area contributed by atoms with Crippen molar-refractivity contribution in [2.45, 2.75) is 38.1 Å². The van der Waals surface area contributed by atoms with Gasteiger partial charge in [-0.3, -0.25) is 14.5 Å². The summed E-state index contributed by atoms with van der Waals surface area (Å²) in [7, 11) is 1.67. The van der Waals surface area contributed by atoms with Crippen LogP contribution >= 0.6 is 0 Å². The molecule has 0 radical (unpaired) electrons. The highest BCUT2D eigenvalue weighted by Crippen LogP contribution is 2.54. The first-order chi connectivity index (χ1) is 12.3. The Labute approximate surface area is 152 Å². The van der Waals surface area contributed by atoms with Crippen molar-refractivity contribution in [1.29, 1.82) is 0 Å². The van der Waals surface area contributed by atoms with Gasteiger partial charge >= 0.3 is 6.03 Å². The van der Waals surface area contributed by atoms with E-state index in [9.17, 15) is 19.5 Å². The lowest BCUT2D eigenvalue weighted by molar-refractivity contribution is -0.135. The molecule has 2 unspecified atom stereocenters. The van der Waals surface area contributed by atoms with Crippen LogP contribution in [0.1, 0.15) is 43.0 Å². The van der Waals surface area contributed by atoms with Gasteiger partial charge in [-0.05, 0) is 56.1 Å². The number of amides is 3. The van der Waals surface area contributed by atoms with Gasteiger partial charge in [-0.25, -0.2) is 4.79 Å². The first kappa shape index (κ1) is 17.1. The maximum Gasteiger partial charge on any atom is 0.327 e. The van der Waals surface area contributed by atoms with E-state index in [4.69, 9.17) is 0 Å². The van der Waals surface area contributed by atoms with Crippen LogP contribution in [0.15, 0.2) is 24.3 Å². The lowest BCUT2D eigenvalue weighted by atomic mass is 9.74. The van der Waals surface area contributed by atoms with Gasteiger partial charge in [0.05, 0.1) is 6.54 Å². The SMILES string of the molecule is CN1C(=O)N(CC(=O)c2cccc(O)c2)C(=O)C1(C)C1C[C@@H]2CC[C@H]1C2. The standard InChI is InChI=1S/C20H24N2O4/c1-20(16-9-12-6-7-13(16)8-12)18(25)22(19(26)21(20)2)11-17(24)14-4-3-5-15(23)10-14/h3-5,10,12-13,16,23H,6-9,11H2,1-2H3/t12-,13+,16?,20?/m1/s1. The van der Waals surface area contributed by atoms with Crippen molar-refractivity contribution in [3.8, 4) is 5.75 Å². The molecule has 4 atom stereocenters. The molecule has 1 heterocycles. The minimum Gasteiger partial charge on any atom is -0.508 e. The molecule has 26 heavy (non-hydrogen) atoms. The molecule has 1 aromatic carbocycles. The molecule has 1 saturated heterocycles. The highest BCUT2D eigenvalue weighted by molar-refractivity contribution is 6.11. The molecule has 1 aliphatic heterocycles. The van der Waals surface area contributed by atoms with Crippen LogP contribution in [-0.2, 0) is 4.79 Å². The Morgan fingerprint density at radius 2 is 2.04 bits per heavy atom. The number of benzene rings is 1. The molecule has 3 aliphatic rings. The van der Waals surface area contributed by atoms with Gasteiger partial charge in [0.1, 0.15) is 11.3 Å². The Bertz CT molecular complexity index is 792. The molecule has 2 saturated carbocycles. The zero-order valence-electron chi connectivity index (χ0n) is 15.1. The zero-order valence-corrected chi connectivity index (χ0v) is 15.1. The number of Topliss-reactive ketones (excluding diaryl/α,β-unsaturated/α-hetero) is 1. The fourth-order valence-electron chi connectivity index (χ4n) is 5.28. The summed E-state index contributed by atoms with van der Waals surface area (Å²) < 4.78 is 0. The highest BCUT2D eigenvalue weighted by Gasteiger charge is 2.61. The Kier molecular flexibility index (Phi) is 3.82. The summed E-state index contributed by atoms with van der Waals surface area (Å²) in [5.74, 6) is 0.693. The molecular formula is C20H24N2O4. The molecule has 1 aromatic rings. The number of hydrogen-bond acceptors (Lipinski definition) is 4. The van der Waals surface area contributed by atoms with Crippen molar-refractivity contribution in [3.63, 3.8) is 0 Å². The second kappa shape index (κ2) is 5.83. The number of hydrogen-bond donors (Lipinski definition) is 1. The summed E-state index contributed by atoms with van der Waals surface area (Å²) in [6.07, 6.45) is 4.49. The smallest absolute Gasteiger partial charge is 0.327 e. The van der Waals surface area contributed by atoms with E-state index in [-0.39, 0.29) is 29.9 Å². The van der Waals surface area contributed by atoms with Gasteiger partial charge in [-0.1, -0.05) is 18.6 Å². The second-order valence-electron chi connectivity index (χ2n) is 8.14. The Morgan fingerprint density at radius 1 is 1.27 bits per heavy atom. The number of nitrogens with zero attached hydrogens (tertiary/aromatic N) is 2. The van der Waals surface area contributed by atoms with Crippen LogP contribution in [0, 0.1) is 17.8 Å². The zero-order chi connectivity index (χ0) is 18.6. The first-order valence-corrected chi connectivity index (χ1v) is 9.24. The van der Waals surface area contributed by atoms with Gasteiger partial charge in [-0.15, -0.1) is 0 Å². The number of fused-ring (bicyclic) bond motifs is 2. The first-order valence-electron chi connectivity index (χ1n) is 9.24. The summed E-state index contributed by atoms with van der Waals surface area (Å²) in [5.41, 5.74) is -0.572. The Hall–Kier alpha value is -2.37. The summed E-state index contributed by atoms with van der Waals surface area (Å²) >= 11 is 0. The number of rotatable bonds is 4. The van der Waals surface area contributed by atoms with Crippen LogP contribution in [0.25, 0.3) is 0 Å². The third-order valence-corrected chi connectivity index (χ3v) is 6.82. The quantitative estimate of drug-likeness (QED) is 0.665. The Morgan fingerprint density at radius 3 is 2.65 bits per heavy atom. The monoisotopic (exact) mass is 356 g/mol. The number of carbonyl (C=O) groups excluding carboxylic acids is 3. The minimum absolute atomic E-state index is 0.0149. The molecule has 6 nitrogen and oxygen atoms in total. The summed E-state index contributed by atoms with van der Waals surface area (Å²) in [6.45, 7) is 1.57. The summed E-state index contributed by atoms with van der Waals surface area (Å²) in [5, 5.41) is 9.55. The second-order valence-corrected chi connectivity index (χ2v) is 8.14. The van der Waals surface area contributed by atoms with Crippen LogP contribution in [0.2, 0.25) is 0 Å². The van der Waals surface area contributed by atoms with Gasteiger partial charge in [0, 0.05) is 12.6 Å². The molecule has 138 valence electrons. The van der Waals surface area contributed by atoms with Crippen molar-refractivity contribution >= 4 is 17.7 Å². The van der Waals surface area contributed by atoms with Gasteiger partial charge in [0.2, 0.25) is 0 Å². The van der Waals surface area contributed by atoms with Crippen molar-refractivity contribution < 1.29 is 19.5 Å². The molecular weight excluding hydrogens is 332 g/mol. The number of ketones is 1. The van der Waals surface area contributed by atoms with E-state index in [1.807, 2.05) is 6.92 Å². The number of phenolic OH excluding ortho intramolecular Hbond substituents is 1. The minimum atomic E-state index is -0.865. The van der Waals surface area contributed by atoms with Crippen LogP contribution in [-0.4, -0.2) is 51.8 Å². The van der Waals surface area contributed by atoms with Gasteiger partial charge in [-0.2, -0.15) is 0 Å². The molecule has 4 rings (SSSR count). The Balaban J connectivity index is 1.57. The van der Waals surface area contributed by atoms with Crippen LogP contribution in [0.5, 0.6) is 5.75 Å². The van der Waals surface area contributed by atoms with E-state index in [2.05, 4.69) is 0 Å². The van der Waals surface area contributed by atoms with Gasteiger partial charge in [0.15, 0.2) is 5.78 Å². The average Bonchev–Trinajstić information content (AvgIpc) is 3.30. The van der Waals surface area contributed by atoms with Crippen molar-refractivity contribution in [2.75, 3.05) is 13.6 Å². The normalized spacial score (nSPS) is 33.4. The van der Waals surface area contributed by atoms with E-state index >= 15 is 0 Å². The predicted molar refractivity (Wildman–Crippen MR) is 94.7 cm³/mol. The number of likely N-dealkylation sites (N-methyl/N-ethyl adjacent to an activating group) is 1. The number of phenols is 1. The van der Waals surface area contributed by atoms with E-state index < -0.39 is 11.6 Å². The van der Waals surface area contributed by atoms with Crippen molar-refractivity contribution in [2.24, 2.45) is 17.8 Å². The lowest BCUT2D eigenvalue weighted by Gasteiger charge is -2.39. The fraction of sp³-hybridized carbons (Fsp3) is 0.550. The molecule has 0 aromatic heterocycles. The number of imide groups is 1. The summed E-state index contributed by atoms with van der Waals surface area (Å²) in [6, 6.07) is 5.57. The predicted octanol–water partition coefficient (Wildman–Crippen LogP) is 2.66. The molecule has 2 bridgehead atoms. The maximum atomic E-state index is 13.2. The molecule has 3 amide bonds. The molecule has 2 aliphatic carbocycles. The third kappa shape index (κ3) is 2.35. The van der Waals surface area contributed by atoms with Crippen LogP contribution in [0.4, 0.5) is 4.79 Å². The summed E-state index contributed by atoms with van der Waals surface area (Å²) in [4.78, 5) is 41.1. The lowest BCUT2D eigenvalue weighted by Crippen LogP contribution is -2.53. The largest absolute Gasteiger partial charge is 0.508 e. The van der Waals surface area contributed by atoms with E-state index in [1.165, 1.54) is 23.5 Å². The maximum absolute atomic E-state index is 13.2. The van der Waals surface area contributed by atoms with Crippen LogP contribution in [0.3, 0.4) is 0 Å². The van der Waals surface area contributed by atoms with E-state index in [1.54, 1.807) is 19.2 Å². The molecule has 0 spiro atoms. The van der Waals surface area contributed by atoms with E-state index in [0.717, 1.165) is 24.2 Å². The fourth-order valence-corrected chi connectivity index (χ4v) is 5.28. The van der Waals surface area contributed by atoms with E-state index in [0.29, 0.717) is 17.4 Å². The number of carbonyl (C=O) groups is 3. The molecule has 1 N–H and O–H groups in total. The molecule has 3 fully saturated rings. The van der Waals surface area contributed by atoms with Gasteiger partial charge in [0.25, 0.3) is 5.91 Å². The third-order valence-electron chi connectivity index (χ3n) is 6.82. The highest BCUT2D eigenvalue weighted by atomic mass is 16.3. The van der Waals surface area contributed by atoms with Crippen LogP contribution < -0.4 is 0 Å². The number of aromatic hydroxyl groups is 1. The number of urea groups is 1. The van der Waals surface area contributed by atoms with Crippen molar-refractivity contribution in [3.05, 3.63) is 29.8 Å². The average molecular weight is 356 g/mol. The molecule has 6 heteroatoms.